The van der Waals surface area contributed by atoms with Crippen molar-refractivity contribution >= 4 is 10.0 Å². The van der Waals surface area contributed by atoms with Gasteiger partial charge >= 0.3 is 0 Å². The summed E-state index contributed by atoms with van der Waals surface area (Å²) in [6.45, 7) is 3.18. The second-order valence-corrected chi connectivity index (χ2v) is 4.45. The van der Waals surface area contributed by atoms with Crippen molar-refractivity contribution in [3.8, 4) is 5.75 Å². The lowest BCUT2D eigenvalue weighted by Crippen LogP contribution is -2.15. The van der Waals surface area contributed by atoms with Crippen LogP contribution >= 0.6 is 0 Å². The van der Waals surface area contributed by atoms with Crippen molar-refractivity contribution in [2.45, 2.75) is 18.7 Å². The quantitative estimate of drug-likeness (QED) is 0.700. The van der Waals surface area contributed by atoms with Gasteiger partial charge in [0.15, 0.2) is 0 Å². The van der Waals surface area contributed by atoms with E-state index in [-0.39, 0.29) is 10.6 Å². The molecule has 0 amide bonds. The summed E-state index contributed by atoms with van der Waals surface area (Å²) in [5.41, 5.74) is 0.917. The van der Waals surface area contributed by atoms with Gasteiger partial charge in [0.2, 0.25) is 10.0 Å². The van der Waals surface area contributed by atoms with Crippen LogP contribution in [-0.2, 0) is 10.0 Å². The molecular weight excluding hydrogens is 190 g/mol. The number of rotatable bonds is 1. The first-order valence-electron chi connectivity index (χ1n) is 3.65. The zero-order chi connectivity index (χ0) is 10.2. The van der Waals surface area contributed by atoms with Crippen LogP contribution in [0.25, 0.3) is 0 Å². The van der Waals surface area contributed by atoms with Crippen molar-refractivity contribution in [2.24, 2.45) is 5.14 Å². The lowest BCUT2D eigenvalue weighted by Gasteiger charge is -2.07. The maximum absolute atomic E-state index is 11.1. The van der Waals surface area contributed by atoms with Gasteiger partial charge in [-0.15, -0.1) is 0 Å². The summed E-state index contributed by atoms with van der Waals surface area (Å²) in [5.74, 6) is 0.0439. The Morgan fingerprint density at radius 1 is 1.23 bits per heavy atom. The Morgan fingerprint density at radius 3 is 1.92 bits per heavy atom. The molecule has 5 heteroatoms. The SMILES string of the molecule is Cc1cc(O)cc(C)c1S(N)(=O)=O. The number of primary sulfonamides is 1. The van der Waals surface area contributed by atoms with Gasteiger partial charge in [-0.1, -0.05) is 0 Å². The van der Waals surface area contributed by atoms with Crippen molar-refractivity contribution in [1.82, 2.24) is 0 Å². The van der Waals surface area contributed by atoms with Crippen molar-refractivity contribution in [1.29, 1.82) is 0 Å². The van der Waals surface area contributed by atoms with Crippen LogP contribution in [-0.4, -0.2) is 13.5 Å². The summed E-state index contributed by atoms with van der Waals surface area (Å²) in [5, 5.41) is 14.1. The molecule has 3 N–H and O–H groups in total. The highest BCUT2D eigenvalue weighted by Gasteiger charge is 2.15. The summed E-state index contributed by atoms with van der Waals surface area (Å²) in [7, 11) is -3.69. The summed E-state index contributed by atoms with van der Waals surface area (Å²) >= 11 is 0. The summed E-state index contributed by atoms with van der Waals surface area (Å²) < 4.78 is 22.2. The van der Waals surface area contributed by atoms with Gasteiger partial charge in [0.1, 0.15) is 5.75 Å². The van der Waals surface area contributed by atoms with E-state index in [0.717, 1.165) is 0 Å². The van der Waals surface area contributed by atoms with Gasteiger partial charge in [-0.2, -0.15) is 0 Å². The molecule has 0 heterocycles. The number of hydrogen-bond acceptors (Lipinski definition) is 3. The molecule has 0 aromatic heterocycles. The Hall–Kier alpha value is -1.07. The van der Waals surface area contributed by atoms with Crippen molar-refractivity contribution < 1.29 is 13.5 Å². The Labute approximate surface area is 77.1 Å². The molecule has 72 valence electrons. The largest absolute Gasteiger partial charge is 0.508 e. The number of aryl methyl sites for hydroxylation is 2. The number of sulfonamides is 1. The van der Waals surface area contributed by atoms with E-state index in [2.05, 4.69) is 0 Å². The van der Waals surface area contributed by atoms with Crippen LogP contribution in [0.1, 0.15) is 11.1 Å². The maximum Gasteiger partial charge on any atom is 0.238 e. The Kier molecular flexibility index (Phi) is 2.32. The van der Waals surface area contributed by atoms with E-state index in [9.17, 15) is 8.42 Å². The van der Waals surface area contributed by atoms with E-state index in [1.54, 1.807) is 13.8 Å². The molecule has 0 aliphatic carbocycles. The van der Waals surface area contributed by atoms with Gasteiger partial charge in [-0.05, 0) is 37.1 Å². The minimum atomic E-state index is -3.69. The molecule has 0 saturated heterocycles. The number of nitrogens with two attached hydrogens (primary N) is 1. The Balaban J connectivity index is 3.57. The van der Waals surface area contributed by atoms with Crippen molar-refractivity contribution in [3.63, 3.8) is 0 Å². The summed E-state index contributed by atoms with van der Waals surface area (Å²) in [6.07, 6.45) is 0. The van der Waals surface area contributed by atoms with Crippen molar-refractivity contribution in [3.05, 3.63) is 23.3 Å². The van der Waals surface area contributed by atoms with Crippen molar-refractivity contribution in [2.75, 3.05) is 0 Å². The predicted octanol–water partition coefficient (Wildman–Crippen LogP) is 0.656. The fourth-order valence-corrected chi connectivity index (χ4v) is 2.39. The molecule has 0 radical (unpaired) electrons. The molecule has 0 saturated carbocycles. The van der Waals surface area contributed by atoms with Gasteiger partial charge < -0.3 is 5.11 Å². The lowest BCUT2D eigenvalue weighted by molar-refractivity contribution is 0.473. The minimum absolute atomic E-state index is 0.0439. The predicted molar refractivity (Wildman–Crippen MR) is 49.0 cm³/mol. The highest BCUT2D eigenvalue weighted by atomic mass is 32.2. The molecule has 4 nitrogen and oxygen atoms in total. The first-order chi connectivity index (χ1) is 5.82. The molecule has 1 aromatic rings. The molecule has 0 fully saturated rings. The van der Waals surface area contributed by atoms with Gasteiger partial charge in [0, 0.05) is 0 Å². The van der Waals surface area contributed by atoms with Gasteiger partial charge in [-0.3, -0.25) is 0 Å². The average Bonchev–Trinajstić information content (AvgIpc) is 1.78. The highest BCUT2D eigenvalue weighted by molar-refractivity contribution is 7.89. The molecule has 0 atom stereocenters. The second kappa shape index (κ2) is 3.01. The van der Waals surface area contributed by atoms with E-state index in [1.807, 2.05) is 0 Å². The Morgan fingerprint density at radius 2 is 1.62 bits per heavy atom. The monoisotopic (exact) mass is 201 g/mol. The third-order valence-corrected chi connectivity index (χ3v) is 2.94. The molecule has 1 rings (SSSR count). The fraction of sp³-hybridized carbons (Fsp3) is 0.250. The first kappa shape index (κ1) is 10.0. The third kappa shape index (κ3) is 1.99. The molecule has 0 spiro atoms. The fourth-order valence-electron chi connectivity index (χ4n) is 1.38. The van der Waals surface area contributed by atoms with E-state index in [0.29, 0.717) is 11.1 Å². The smallest absolute Gasteiger partial charge is 0.238 e. The topological polar surface area (TPSA) is 80.4 Å². The van der Waals surface area contributed by atoms with Crippen LogP contribution in [0.2, 0.25) is 0 Å². The third-order valence-electron chi connectivity index (χ3n) is 1.73. The van der Waals surface area contributed by atoms with Crippen LogP contribution in [0.4, 0.5) is 0 Å². The zero-order valence-electron chi connectivity index (χ0n) is 7.40. The van der Waals surface area contributed by atoms with Gasteiger partial charge in [-0.25, -0.2) is 13.6 Å². The lowest BCUT2D eigenvalue weighted by atomic mass is 10.1. The van der Waals surface area contributed by atoms with Gasteiger partial charge in [0.05, 0.1) is 4.90 Å². The number of hydrogen-bond donors (Lipinski definition) is 2. The maximum atomic E-state index is 11.1. The molecule has 13 heavy (non-hydrogen) atoms. The number of phenols is 1. The molecule has 0 aliphatic heterocycles. The van der Waals surface area contributed by atoms with E-state index < -0.39 is 10.0 Å². The second-order valence-electron chi connectivity index (χ2n) is 2.95. The molecular formula is C8H11NO3S. The van der Waals surface area contributed by atoms with E-state index in [1.165, 1.54) is 12.1 Å². The normalized spacial score (nSPS) is 11.6. The molecule has 0 bridgehead atoms. The van der Waals surface area contributed by atoms with E-state index in [4.69, 9.17) is 10.2 Å². The zero-order valence-corrected chi connectivity index (χ0v) is 8.22. The number of aromatic hydroxyl groups is 1. The molecule has 0 unspecified atom stereocenters. The van der Waals surface area contributed by atoms with Gasteiger partial charge in [0.25, 0.3) is 0 Å². The standard InChI is InChI=1S/C8H11NO3S/c1-5-3-7(10)4-6(2)8(5)13(9,11)12/h3-4,10H,1-2H3,(H2,9,11,12). The average molecular weight is 201 g/mol. The number of phenolic OH excluding ortho intramolecular Hbond substituents is 1. The summed E-state index contributed by atoms with van der Waals surface area (Å²) in [4.78, 5) is 0.0882. The Bertz CT molecular complexity index is 414. The van der Waals surface area contributed by atoms with Crippen LogP contribution in [0, 0.1) is 13.8 Å². The summed E-state index contributed by atoms with van der Waals surface area (Å²) in [6, 6.07) is 2.74. The van der Waals surface area contributed by atoms with Crippen LogP contribution in [0.15, 0.2) is 17.0 Å². The number of benzene rings is 1. The van der Waals surface area contributed by atoms with Crippen LogP contribution in [0.5, 0.6) is 5.75 Å². The van der Waals surface area contributed by atoms with Crippen LogP contribution < -0.4 is 5.14 Å². The minimum Gasteiger partial charge on any atom is -0.508 e. The molecule has 1 aromatic carbocycles. The molecule has 0 aliphatic rings. The first-order valence-corrected chi connectivity index (χ1v) is 5.20. The highest BCUT2D eigenvalue weighted by Crippen LogP contribution is 2.23. The van der Waals surface area contributed by atoms with Crippen LogP contribution in [0.3, 0.4) is 0 Å². The van der Waals surface area contributed by atoms with E-state index >= 15 is 0 Å².